The van der Waals surface area contributed by atoms with E-state index in [0.29, 0.717) is 0 Å². The van der Waals surface area contributed by atoms with Crippen LogP contribution >= 0.6 is 17.8 Å². The Kier molecular flexibility index (Phi) is 12.7. The van der Waals surface area contributed by atoms with Crippen LogP contribution in [0.1, 0.15) is 6.92 Å². The average molecular weight is 291 g/mol. The van der Waals surface area contributed by atoms with Crippen molar-refractivity contribution in [2.75, 3.05) is 0 Å². The molecule has 59 valence electrons. The third-order valence-corrected chi connectivity index (χ3v) is 4.07. The molecule has 1 radical (unpaired) electrons. The van der Waals surface area contributed by atoms with E-state index in [-0.39, 0.29) is 0 Å². The second-order valence-corrected chi connectivity index (χ2v) is 11.9. The van der Waals surface area contributed by atoms with Gasteiger partial charge in [-0.15, -0.1) is 0 Å². The minimum atomic E-state index is -1.79. The van der Waals surface area contributed by atoms with Gasteiger partial charge in [0.1, 0.15) is 0 Å². The molecule has 0 rings (SSSR count). The van der Waals surface area contributed by atoms with E-state index < -0.39 is 23.5 Å². The van der Waals surface area contributed by atoms with Crippen LogP contribution in [0, 0.1) is 0 Å². The van der Waals surface area contributed by atoms with Crippen molar-refractivity contribution in [2.45, 2.75) is 11.4 Å². The van der Waals surface area contributed by atoms with Crippen molar-refractivity contribution in [3.05, 3.63) is 12.7 Å². The van der Waals surface area contributed by atoms with Gasteiger partial charge in [-0.2, -0.15) is 0 Å². The first kappa shape index (κ1) is 13.2. The number of carboxylic acid groups (broad SMARTS) is 1. The molecular formula is C5H9Cl2O2Sn. The van der Waals surface area contributed by atoms with Gasteiger partial charge < -0.3 is 5.11 Å². The molecule has 10 heavy (non-hydrogen) atoms. The number of aliphatic carboxylic acids is 1. The van der Waals surface area contributed by atoms with Gasteiger partial charge in [0.25, 0.3) is 5.97 Å². The van der Waals surface area contributed by atoms with Crippen molar-refractivity contribution in [1.82, 2.24) is 0 Å². The molecule has 0 saturated carbocycles. The first-order valence-electron chi connectivity index (χ1n) is 2.48. The fourth-order valence-electron chi connectivity index (χ4n) is 0.109. The first-order chi connectivity index (χ1) is 4.50. The molecule has 0 aliphatic carbocycles. The van der Waals surface area contributed by atoms with Crippen LogP contribution < -0.4 is 0 Å². The molecule has 0 aromatic rings. The summed E-state index contributed by atoms with van der Waals surface area (Å²) in [6.07, 6.45) is 1.77. The van der Waals surface area contributed by atoms with Crippen molar-refractivity contribution in [3.8, 4) is 0 Å². The second kappa shape index (κ2) is 9.59. The van der Waals surface area contributed by atoms with Crippen LogP contribution in [0.5, 0.6) is 0 Å². The Bertz CT molecular complexity index is 102. The maximum Gasteiger partial charge on any atom is 0.300 e. The molecule has 0 aromatic heterocycles. The molecule has 0 spiro atoms. The summed E-state index contributed by atoms with van der Waals surface area (Å²) in [7, 11) is 10.9. The molecule has 0 atom stereocenters. The summed E-state index contributed by atoms with van der Waals surface area (Å²) in [6.45, 7) is 4.56. The van der Waals surface area contributed by atoms with E-state index in [9.17, 15) is 0 Å². The van der Waals surface area contributed by atoms with Gasteiger partial charge in [0.15, 0.2) is 0 Å². The Morgan fingerprint density at radius 3 is 2.10 bits per heavy atom. The van der Waals surface area contributed by atoms with Crippen LogP contribution in [0.25, 0.3) is 0 Å². The summed E-state index contributed by atoms with van der Waals surface area (Å²) in [5, 5.41) is 7.42. The van der Waals surface area contributed by atoms with Gasteiger partial charge in [0, 0.05) is 6.92 Å². The first-order valence-corrected chi connectivity index (χ1v) is 11.7. The third kappa shape index (κ3) is 38.4. The number of allylic oxidation sites excluding steroid dienone is 1. The zero-order valence-corrected chi connectivity index (χ0v) is 9.97. The minimum Gasteiger partial charge on any atom is -0.481 e. The molecule has 0 amide bonds. The molecule has 0 aromatic carbocycles. The third-order valence-electron chi connectivity index (χ3n) is 0.299. The maximum atomic E-state index is 9.00. The van der Waals surface area contributed by atoms with E-state index in [0.717, 1.165) is 11.4 Å². The van der Waals surface area contributed by atoms with Gasteiger partial charge in [-0.3, -0.25) is 4.79 Å². The predicted octanol–water partition coefficient (Wildman–Crippen LogP) is 2.23. The summed E-state index contributed by atoms with van der Waals surface area (Å²) in [5.74, 6) is -0.833. The second-order valence-electron chi connectivity index (χ2n) is 1.35. The Morgan fingerprint density at radius 1 is 1.80 bits per heavy atom. The number of halogens is 2. The van der Waals surface area contributed by atoms with Crippen LogP contribution in [-0.2, 0) is 4.79 Å². The van der Waals surface area contributed by atoms with Crippen molar-refractivity contribution >= 4 is 41.3 Å². The monoisotopic (exact) mass is 291 g/mol. The SMILES string of the molecule is C=C[CH2][Sn]([Cl])[Cl].CC(=O)O. The summed E-state index contributed by atoms with van der Waals surface area (Å²) in [4.78, 5) is 9.00. The molecule has 2 nitrogen and oxygen atoms in total. The van der Waals surface area contributed by atoms with Crippen LogP contribution in [0.4, 0.5) is 0 Å². The number of hydrogen-bond acceptors (Lipinski definition) is 1. The van der Waals surface area contributed by atoms with Gasteiger partial charge in [0.05, 0.1) is 0 Å². The van der Waals surface area contributed by atoms with Gasteiger partial charge in [0.2, 0.25) is 0 Å². The average Bonchev–Trinajstić information content (AvgIpc) is 1.62. The number of carboxylic acids is 1. The molecule has 0 aliphatic rings. The molecule has 0 heterocycles. The fourth-order valence-corrected chi connectivity index (χ4v) is 2.20. The largest absolute Gasteiger partial charge is 0.481 e. The normalized spacial score (nSPS) is 8.00. The van der Waals surface area contributed by atoms with E-state index >= 15 is 0 Å². The molecule has 5 heteroatoms. The van der Waals surface area contributed by atoms with E-state index in [1.807, 2.05) is 0 Å². The van der Waals surface area contributed by atoms with Crippen molar-refractivity contribution < 1.29 is 9.90 Å². The molecule has 0 unspecified atom stereocenters. The standard InChI is InChI=1S/C3H5.C2H4O2.2ClH.Sn/c1-3-2;1-2(3)4;;;/h3H,1-2H2;1H3,(H,3,4);2*1H;/q;;;;+2/p-2. The van der Waals surface area contributed by atoms with E-state index in [4.69, 9.17) is 27.7 Å². The van der Waals surface area contributed by atoms with Gasteiger partial charge in [-0.05, 0) is 0 Å². The maximum absolute atomic E-state index is 9.00. The van der Waals surface area contributed by atoms with Crippen molar-refractivity contribution in [2.24, 2.45) is 0 Å². The van der Waals surface area contributed by atoms with Crippen LogP contribution in [0.3, 0.4) is 0 Å². The van der Waals surface area contributed by atoms with Crippen molar-refractivity contribution in [3.63, 3.8) is 0 Å². The molecule has 0 saturated heterocycles. The van der Waals surface area contributed by atoms with Gasteiger partial charge >= 0.3 is 52.4 Å². The molecule has 0 aliphatic heterocycles. The summed E-state index contributed by atoms with van der Waals surface area (Å²) in [5.41, 5.74) is 0. The van der Waals surface area contributed by atoms with Gasteiger partial charge in [-0.1, -0.05) is 0 Å². The molecule has 0 fully saturated rings. The topological polar surface area (TPSA) is 37.3 Å². The molecule has 1 N–H and O–H groups in total. The summed E-state index contributed by atoms with van der Waals surface area (Å²) in [6, 6.07) is 0. The van der Waals surface area contributed by atoms with Crippen LogP contribution in [-0.4, -0.2) is 28.6 Å². The minimum absolute atomic E-state index is 0.833. The zero-order valence-electron chi connectivity index (χ0n) is 5.60. The Labute approximate surface area is 75.0 Å². The Hall–Kier alpha value is 0.589. The number of hydrogen-bond donors (Lipinski definition) is 1. The fraction of sp³-hybridized carbons (Fsp3) is 0.400. The summed E-state index contributed by atoms with van der Waals surface area (Å²) >= 11 is -1.79. The number of carbonyl (C=O) groups is 1. The van der Waals surface area contributed by atoms with E-state index in [1.165, 1.54) is 0 Å². The summed E-state index contributed by atoms with van der Waals surface area (Å²) < 4.78 is 0.866. The smallest absolute Gasteiger partial charge is 0.300 e. The Morgan fingerprint density at radius 2 is 2.10 bits per heavy atom. The number of rotatable bonds is 2. The molecule has 0 bridgehead atoms. The van der Waals surface area contributed by atoms with Crippen molar-refractivity contribution in [1.29, 1.82) is 0 Å². The van der Waals surface area contributed by atoms with Crippen LogP contribution in [0.2, 0.25) is 4.44 Å². The quantitative estimate of drug-likeness (QED) is 0.625. The van der Waals surface area contributed by atoms with E-state index in [2.05, 4.69) is 6.58 Å². The van der Waals surface area contributed by atoms with Gasteiger partial charge in [-0.25, -0.2) is 0 Å². The predicted molar refractivity (Wildman–Crippen MR) is 45.8 cm³/mol. The van der Waals surface area contributed by atoms with Crippen LogP contribution in [0.15, 0.2) is 12.7 Å². The Balaban J connectivity index is 0. The van der Waals surface area contributed by atoms with E-state index in [1.54, 1.807) is 6.08 Å². The zero-order chi connectivity index (χ0) is 8.57. The molecular weight excluding hydrogens is 282 g/mol.